The molecule has 0 aromatic heterocycles. The van der Waals surface area contributed by atoms with E-state index in [1.54, 1.807) is 0 Å². The average molecular weight is 288 g/mol. The Morgan fingerprint density at radius 1 is 1.25 bits per heavy atom. The lowest BCUT2D eigenvalue weighted by Crippen LogP contribution is -2.32. The minimum Gasteiger partial charge on any atom is -0.370 e. The normalized spacial score (nSPS) is 17.8. The largest absolute Gasteiger partial charge is 0.411 e. The maximum absolute atomic E-state index is 12.0. The number of alkyl halides is 3. The number of hydrogen-bond acceptors (Lipinski definition) is 3. The van der Waals surface area contributed by atoms with Gasteiger partial charge < -0.3 is 4.74 Å². The van der Waals surface area contributed by atoms with E-state index in [1.165, 1.54) is 24.8 Å². The highest BCUT2D eigenvalue weighted by molar-refractivity contribution is 5.28. The van der Waals surface area contributed by atoms with Crippen LogP contribution >= 0.6 is 0 Å². The first-order chi connectivity index (χ1) is 9.49. The van der Waals surface area contributed by atoms with E-state index in [-0.39, 0.29) is 6.61 Å². The highest BCUT2D eigenvalue weighted by Gasteiger charge is 2.28. The summed E-state index contributed by atoms with van der Waals surface area (Å²) in [7, 11) is 0. The van der Waals surface area contributed by atoms with Gasteiger partial charge in [-0.05, 0) is 29.9 Å². The summed E-state index contributed by atoms with van der Waals surface area (Å²) in [5.41, 5.74) is 4.60. The van der Waals surface area contributed by atoms with Gasteiger partial charge in [-0.3, -0.25) is 11.3 Å². The lowest BCUT2D eigenvalue weighted by Gasteiger charge is -2.26. The zero-order valence-corrected chi connectivity index (χ0v) is 11.1. The molecule has 1 aromatic carbocycles. The molecule has 0 aliphatic heterocycles. The number of benzene rings is 1. The molecule has 0 radical (unpaired) electrons. The first kappa shape index (κ1) is 15.3. The number of hydrazine groups is 1. The summed E-state index contributed by atoms with van der Waals surface area (Å²) < 4.78 is 40.7. The lowest BCUT2D eigenvalue weighted by molar-refractivity contribution is -0.175. The van der Waals surface area contributed by atoms with Crippen LogP contribution in [-0.2, 0) is 4.74 Å². The Labute approximate surface area is 116 Å². The van der Waals surface area contributed by atoms with Gasteiger partial charge in [0, 0.05) is 0 Å². The van der Waals surface area contributed by atoms with E-state index in [0.717, 1.165) is 5.56 Å². The topological polar surface area (TPSA) is 47.3 Å². The molecule has 1 unspecified atom stereocenters. The Morgan fingerprint density at radius 2 is 1.90 bits per heavy atom. The van der Waals surface area contributed by atoms with Crippen molar-refractivity contribution >= 4 is 0 Å². The first-order valence-electron chi connectivity index (χ1n) is 6.70. The summed E-state index contributed by atoms with van der Waals surface area (Å²) in [6.07, 6.45) is -0.614. The molecule has 3 N–H and O–H groups in total. The van der Waals surface area contributed by atoms with Crippen LogP contribution in [0.25, 0.3) is 0 Å². The number of nitrogens with one attached hydrogen (secondary N) is 1. The maximum atomic E-state index is 12.0. The third-order valence-corrected chi connectivity index (χ3v) is 3.67. The molecule has 1 atom stereocenters. The quantitative estimate of drug-likeness (QED) is 0.625. The van der Waals surface area contributed by atoms with E-state index in [4.69, 9.17) is 5.84 Å². The Morgan fingerprint density at radius 3 is 2.35 bits per heavy atom. The van der Waals surface area contributed by atoms with Crippen molar-refractivity contribution in [3.63, 3.8) is 0 Å². The molecule has 1 aliphatic rings. The number of rotatable bonds is 6. The summed E-state index contributed by atoms with van der Waals surface area (Å²) in [6.45, 7) is -1.37. The second kappa shape index (κ2) is 6.56. The van der Waals surface area contributed by atoms with E-state index < -0.39 is 18.8 Å². The van der Waals surface area contributed by atoms with Crippen molar-refractivity contribution in [3.05, 3.63) is 35.4 Å². The summed E-state index contributed by atoms with van der Waals surface area (Å²) in [6, 6.07) is 7.40. The molecule has 2 rings (SSSR count). The molecule has 6 heteroatoms. The number of ether oxygens (including phenoxy) is 1. The molecule has 0 bridgehead atoms. The fourth-order valence-electron chi connectivity index (χ4n) is 2.28. The lowest BCUT2D eigenvalue weighted by atomic mass is 9.80. The zero-order chi connectivity index (χ0) is 14.6. The van der Waals surface area contributed by atoms with E-state index in [0.29, 0.717) is 5.92 Å². The van der Waals surface area contributed by atoms with E-state index in [9.17, 15) is 13.2 Å². The molecule has 0 saturated heterocycles. The Balaban J connectivity index is 1.89. The summed E-state index contributed by atoms with van der Waals surface area (Å²) >= 11 is 0. The van der Waals surface area contributed by atoms with Gasteiger partial charge in [0.1, 0.15) is 6.61 Å². The second-order valence-corrected chi connectivity index (χ2v) is 5.14. The minimum absolute atomic E-state index is 0.112. The van der Waals surface area contributed by atoms with E-state index >= 15 is 0 Å². The minimum atomic E-state index is -4.31. The number of nitrogens with two attached hydrogens (primary N) is 1. The van der Waals surface area contributed by atoms with Crippen molar-refractivity contribution in [2.24, 2.45) is 5.84 Å². The molecule has 0 heterocycles. The van der Waals surface area contributed by atoms with Crippen molar-refractivity contribution in [2.75, 3.05) is 13.2 Å². The van der Waals surface area contributed by atoms with Crippen LogP contribution in [-0.4, -0.2) is 19.4 Å². The second-order valence-electron chi connectivity index (χ2n) is 5.14. The summed E-state index contributed by atoms with van der Waals surface area (Å²) in [4.78, 5) is 0. The predicted molar refractivity (Wildman–Crippen MR) is 70.0 cm³/mol. The van der Waals surface area contributed by atoms with Crippen LogP contribution in [0.2, 0.25) is 0 Å². The Hall–Kier alpha value is -1.11. The third-order valence-electron chi connectivity index (χ3n) is 3.67. The van der Waals surface area contributed by atoms with Crippen LogP contribution in [0.1, 0.15) is 42.3 Å². The van der Waals surface area contributed by atoms with Gasteiger partial charge in [0.15, 0.2) is 0 Å². The van der Waals surface area contributed by atoms with Crippen molar-refractivity contribution < 1.29 is 17.9 Å². The molecule has 1 saturated carbocycles. The third kappa shape index (κ3) is 4.19. The van der Waals surface area contributed by atoms with Crippen LogP contribution in [0.4, 0.5) is 13.2 Å². The van der Waals surface area contributed by atoms with Gasteiger partial charge in [-0.15, -0.1) is 0 Å². The Bertz CT molecular complexity index is 415. The molecule has 0 amide bonds. The predicted octanol–water partition coefficient (Wildman–Crippen LogP) is 3.04. The van der Waals surface area contributed by atoms with Crippen molar-refractivity contribution in [1.82, 2.24) is 5.43 Å². The van der Waals surface area contributed by atoms with Crippen LogP contribution in [0, 0.1) is 0 Å². The molecule has 1 aliphatic carbocycles. The van der Waals surface area contributed by atoms with Gasteiger partial charge in [-0.25, -0.2) is 0 Å². The van der Waals surface area contributed by atoms with Gasteiger partial charge in [0.25, 0.3) is 0 Å². The van der Waals surface area contributed by atoms with Gasteiger partial charge in [0.05, 0.1) is 12.6 Å². The fraction of sp³-hybridized carbons (Fsp3) is 0.571. The van der Waals surface area contributed by atoms with E-state index in [1.807, 2.05) is 24.3 Å². The highest BCUT2D eigenvalue weighted by atomic mass is 19.4. The van der Waals surface area contributed by atoms with Crippen LogP contribution < -0.4 is 11.3 Å². The van der Waals surface area contributed by atoms with Crippen molar-refractivity contribution in [1.29, 1.82) is 0 Å². The first-order valence-corrected chi connectivity index (χ1v) is 6.70. The molecular formula is C14H19F3N2O. The molecule has 0 spiro atoms. The molecule has 20 heavy (non-hydrogen) atoms. The van der Waals surface area contributed by atoms with Crippen LogP contribution in [0.3, 0.4) is 0 Å². The number of halogens is 3. The highest BCUT2D eigenvalue weighted by Crippen LogP contribution is 2.36. The van der Waals surface area contributed by atoms with Crippen LogP contribution in [0.5, 0.6) is 0 Å². The molecule has 3 nitrogen and oxygen atoms in total. The van der Waals surface area contributed by atoms with E-state index in [2.05, 4.69) is 10.2 Å². The summed E-state index contributed by atoms with van der Waals surface area (Å²) in [5.74, 6) is 6.01. The SMILES string of the molecule is NNC(COCC(F)(F)F)c1ccc(C2CCC2)cc1. The molecule has 1 fully saturated rings. The fourth-order valence-corrected chi connectivity index (χ4v) is 2.28. The smallest absolute Gasteiger partial charge is 0.370 e. The van der Waals surface area contributed by atoms with Crippen LogP contribution in [0.15, 0.2) is 24.3 Å². The Kier molecular flexibility index (Phi) is 5.01. The van der Waals surface area contributed by atoms with Gasteiger partial charge in [-0.2, -0.15) is 13.2 Å². The maximum Gasteiger partial charge on any atom is 0.411 e. The monoisotopic (exact) mass is 288 g/mol. The van der Waals surface area contributed by atoms with Crippen molar-refractivity contribution in [3.8, 4) is 0 Å². The van der Waals surface area contributed by atoms with Crippen molar-refractivity contribution in [2.45, 2.75) is 37.4 Å². The van der Waals surface area contributed by atoms with Gasteiger partial charge in [0.2, 0.25) is 0 Å². The average Bonchev–Trinajstić information content (AvgIpc) is 2.32. The van der Waals surface area contributed by atoms with Gasteiger partial charge in [-0.1, -0.05) is 30.7 Å². The van der Waals surface area contributed by atoms with Gasteiger partial charge >= 0.3 is 6.18 Å². The standard InChI is InChI=1S/C14H19F3N2O/c15-14(16,17)9-20-8-13(19-18)12-6-4-11(5-7-12)10-2-1-3-10/h4-7,10,13,19H,1-3,8-9,18H2. The summed E-state index contributed by atoms with van der Waals surface area (Å²) in [5, 5.41) is 0. The molecule has 112 valence electrons. The zero-order valence-electron chi connectivity index (χ0n) is 11.1. The molecular weight excluding hydrogens is 269 g/mol. The molecule has 1 aromatic rings. The number of hydrogen-bond donors (Lipinski definition) is 2.